The highest BCUT2D eigenvalue weighted by Gasteiger charge is 2.31. The van der Waals surface area contributed by atoms with Crippen molar-refractivity contribution < 1.29 is 17.9 Å². The number of nitrogens with one attached hydrogen (secondary N) is 1. The molecule has 0 aliphatic carbocycles. The van der Waals surface area contributed by atoms with Crippen molar-refractivity contribution in [1.82, 2.24) is 4.98 Å². The second-order valence-electron chi connectivity index (χ2n) is 3.40. The molecule has 1 N–H and O–H groups in total. The fraction of sp³-hybridized carbons (Fsp3) is 0.182. The molecule has 0 atom stereocenters. The van der Waals surface area contributed by atoms with Crippen molar-refractivity contribution in [2.24, 2.45) is 0 Å². The summed E-state index contributed by atoms with van der Waals surface area (Å²) in [5, 5.41) is 3.00. The average Bonchev–Trinajstić information content (AvgIpc) is 2.77. The average molecular weight is 274 g/mol. The molecule has 1 aromatic heterocycles. The lowest BCUT2D eigenvalue weighted by Gasteiger charge is -2.10. The third kappa shape index (κ3) is 3.92. The molecule has 0 amide bonds. The minimum Gasteiger partial charge on any atom is -0.406 e. The van der Waals surface area contributed by atoms with E-state index in [0.29, 0.717) is 12.2 Å². The molecular formula is C11H9F3N2OS. The molecule has 2 rings (SSSR count). The summed E-state index contributed by atoms with van der Waals surface area (Å²) >= 11 is 1.47. The molecule has 0 unspecified atom stereocenters. The van der Waals surface area contributed by atoms with E-state index in [2.05, 4.69) is 15.0 Å². The van der Waals surface area contributed by atoms with Crippen LogP contribution < -0.4 is 10.1 Å². The van der Waals surface area contributed by atoms with Crippen molar-refractivity contribution >= 4 is 17.0 Å². The third-order valence-corrected chi connectivity index (χ3v) is 2.80. The van der Waals surface area contributed by atoms with Crippen molar-refractivity contribution in [2.45, 2.75) is 12.9 Å². The topological polar surface area (TPSA) is 34.1 Å². The maximum atomic E-state index is 12.0. The van der Waals surface area contributed by atoms with E-state index in [0.717, 1.165) is 4.88 Å². The van der Waals surface area contributed by atoms with Crippen LogP contribution in [0.25, 0.3) is 0 Å². The van der Waals surface area contributed by atoms with Crippen LogP contribution in [0.5, 0.6) is 5.75 Å². The molecule has 0 radical (unpaired) electrons. The summed E-state index contributed by atoms with van der Waals surface area (Å²) in [6.07, 6.45) is -2.97. The Morgan fingerprint density at radius 3 is 2.83 bits per heavy atom. The van der Waals surface area contributed by atoms with Crippen molar-refractivity contribution in [1.29, 1.82) is 0 Å². The Morgan fingerprint density at radius 1 is 1.33 bits per heavy atom. The van der Waals surface area contributed by atoms with Gasteiger partial charge in [-0.15, -0.1) is 24.5 Å². The van der Waals surface area contributed by atoms with Gasteiger partial charge in [0.2, 0.25) is 0 Å². The third-order valence-electron chi connectivity index (χ3n) is 2.02. The van der Waals surface area contributed by atoms with Crippen molar-refractivity contribution in [2.75, 3.05) is 5.32 Å². The van der Waals surface area contributed by atoms with Gasteiger partial charge in [-0.3, -0.25) is 4.98 Å². The van der Waals surface area contributed by atoms with Crippen molar-refractivity contribution in [3.05, 3.63) is 40.8 Å². The van der Waals surface area contributed by atoms with Crippen LogP contribution >= 0.6 is 11.3 Å². The SMILES string of the molecule is FC(F)(F)Oc1cccc(NCc2cncs2)c1. The van der Waals surface area contributed by atoms with Gasteiger partial charge in [-0.05, 0) is 12.1 Å². The van der Waals surface area contributed by atoms with Gasteiger partial charge >= 0.3 is 6.36 Å². The number of benzene rings is 1. The predicted octanol–water partition coefficient (Wildman–Crippen LogP) is 3.65. The van der Waals surface area contributed by atoms with Gasteiger partial charge in [0, 0.05) is 22.8 Å². The molecule has 1 aromatic carbocycles. The number of nitrogens with zero attached hydrogens (tertiary/aromatic N) is 1. The summed E-state index contributed by atoms with van der Waals surface area (Å²) < 4.78 is 39.9. The number of alkyl halides is 3. The van der Waals surface area contributed by atoms with Crippen LogP contribution in [0, 0.1) is 0 Å². The second-order valence-corrected chi connectivity index (χ2v) is 4.37. The molecule has 0 aliphatic heterocycles. The lowest BCUT2D eigenvalue weighted by molar-refractivity contribution is -0.274. The zero-order valence-electron chi connectivity index (χ0n) is 9.07. The standard InChI is InChI=1S/C11H9F3N2OS/c12-11(13,14)17-9-3-1-2-8(4-9)16-6-10-5-15-7-18-10/h1-5,7,16H,6H2. The quantitative estimate of drug-likeness (QED) is 0.924. The molecule has 0 saturated carbocycles. The fourth-order valence-corrected chi connectivity index (χ4v) is 1.86. The maximum absolute atomic E-state index is 12.0. The molecule has 96 valence electrons. The highest BCUT2D eigenvalue weighted by Crippen LogP contribution is 2.25. The number of ether oxygens (including phenoxy) is 1. The lowest BCUT2D eigenvalue weighted by atomic mass is 10.3. The first-order valence-electron chi connectivity index (χ1n) is 5.00. The van der Waals surface area contributed by atoms with Crippen LogP contribution in [0.15, 0.2) is 36.0 Å². The highest BCUT2D eigenvalue weighted by atomic mass is 32.1. The molecule has 0 fully saturated rings. The molecule has 2 aromatic rings. The Labute approximate surface area is 105 Å². The molecule has 0 saturated heterocycles. The molecule has 1 heterocycles. The van der Waals surface area contributed by atoms with E-state index in [-0.39, 0.29) is 5.75 Å². The number of anilines is 1. The van der Waals surface area contributed by atoms with Crippen LogP contribution in [-0.4, -0.2) is 11.3 Å². The number of thiazole rings is 1. The fourth-order valence-electron chi connectivity index (χ4n) is 1.32. The van der Waals surface area contributed by atoms with E-state index in [4.69, 9.17) is 0 Å². The van der Waals surface area contributed by atoms with E-state index in [9.17, 15) is 13.2 Å². The number of aromatic nitrogens is 1. The Kier molecular flexibility index (Phi) is 3.71. The number of rotatable bonds is 4. The zero-order chi connectivity index (χ0) is 13.0. The monoisotopic (exact) mass is 274 g/mol. The summed E-state index contributed by atoms with van der Waals surface area (Å²) in [5.41, 5.74) is 2.25. The van der Waals surface area contributed by atoms with Crippen LogP contribution in [-0.2, 0) is 6.54 Å². The van der Waals surface area contributed by atoms with Gasteiger partial charge in [-0.25, -0.2) is 0 Å². The van der Waals surface area contributed by atoms with Gasteiger partial charge in [0.25, 0.3) is 0 Å². The van der Waals surface area contributed by atoms with Gasteiger partial charge < -0.3 is 10.1 Å². The van der Waals surface area contributed by atoms with Crippen LogP contribution in [0.3, 0.4) is 0 Å². The van der Waals surface area contributed by atoms with Gasteiger partial charge in [0.15, 0.2) is 0 Å². The van der Waals surface area contributed by atoms with Crippen molar-refractivity contribution in [3.8, 4) is 5.75 Å². The summed E-state index contributed by atoms with van der Waals surface area (Å²) in [5.74, 6) is -0.239. The van der Waals surface area contributed by atoms with E-state index in [1.807, 2.05) is 0 Å². The first-order valence-corrected chi connectivity index (χ1v) is 5.88. The highest BCUT2D eigenvalue weighted by molar-refractivity contribution is 7.09. The Balaban J connectivity index is 1.99. The summed E-state index contributed by atoms with van der Waals surface area (Å²) in [6.45, 7) is 0.514. The molecule has 0 aliphatic rings. The Bertz CT molecular complexity index is 499. The first kappa shape index (κ1) is 12.7. The molecular weight excluding hydrogens is 265 g/mol. The minimum atomic E-state index is -4.67. The molecule has 18 heavy (non-hydrogen) atoms. The summed E-state index contributed by atoms with van der Waals surface area (Å²) in [6, 6.07) is 5.72. The molecule has 0 spiro atoms. The molecule has 7 heteroatoms. The van der Waals surface area contributed by atoms with Crippen LogP contribution in [0.1, 0.15) is 4.88 Å². The smallest absolute Gasteiger partial charge is 0.406 e. The predicted molar refractivity (Wildman–Crippen MR) is 62.6 cm³/mol. The van der Waals surface area contributed by atoms with E-state index < -0.39 is 6.36 Å². The zero-order valence-corrected chi connectivity index (χ0v) is 9.89. The number of halogens is 3. The van der Waals surface area contributed by atoms with E-state index >= 15 is 0 Å². The molecule has 3 nitrogen and oxygen atoms in total. The van der Waals surface area contributed by atoms with Crippen molar-refractivity contribution in [3.63, 3.8) is 0 Å². The summed E-state index contributed by atoms with van der Waals surface area (Å²) in [4.78, 5) is 4.90. The largest absolute Gasteiger partial charge is 0.573 e. The van der Waals surface area contributed by atoms with Gasteiger partial charge in [-0.2, -0.15) is 0 Å². The maximum Gasteiger partial charge on any atom is 0.573 e. The van der Waals surface area contributed by atoms with E-state index in [1.165, 1.54) is 29.5 Å². The normalized spacial score (nSPS) is 11.3. The lowest BCUT2D eigenvalue weighted by Crippen LogP contribution is -2.17. The second kappa shape index (κ2) is 5.26. The Morgan fingerprint density at radius 2 is 2.17 bits per heavy atom. The van der Waals surface area contributed by atoms with Gasteiger partial charge in [-0.1, -0.05) is 6.07 Å². The van der Waals surface area contributed by atoms with Gasteiger partial charge in [0.05, 0.1) is 12.1 Å². The minimum absolute atomic E-state index is 0.239. The molecule has 0 bridgehead atoms. The number of hydrogen-bond acceptors (Lipinski definition) is 4. The van der Waals surface area contributed by atoms with Crippen LogP contribution in [0.2, 0.25) is 0 Å². The van der Waals surface area contributed by atoms with E-state index in [1.54, 1.807) is 17.8 Å². The van der Waals surface area contributed by atoms with Crippen LogP contribution in [0.4, 0.5) is 18.9 Å². The Hall–Kier alpha value is -1.76. The number of hydrogen-bond donors (Lipinski definition) is 1. The summed E-state index contributed by atoms with van der Waals surface area (Å²) in [7, 11) is 0. The first-order chi connectivity index (χ1) is 8.53. The van der Waals surface area contributed by atoms with Gasteiger partial charge in [0.1, 0.15) is 5.75 Å².